The molecular formula is C22H22N4O3. The predicted octanol–water partition coefficient (Wildman–Crippen LogP) is 3.97. The minimum Gasteiger partial charge on any atom is -0.497 e. The standard InChI is InChI=1S/C22H22N4O3/c1-15(27)24-17-5-7-18(8-6-17)25-19-9-12-21(23-14-19)26-22(28)13-16-3-10-20(29-2)11-4-16/h3-12,14,25H,13H2,1-2H3,(H,24,27)(H,23,26,28). The summed E-state index contributed by atoms with van der Waals surface area (Å²) < 4.78 is 5.11. The molecule has 148 valence electrons. The number of hydrogen-bond acceptors (Lipinski definition) is 5. The summed E-state index contributed by atoms with van der Waals surface area (Å²) in [5.74, 6) is 0.982. The molecule has 0 aliphatic carbocycles. The van der Waals surface area contributed by atoms with Gasteiger partial charge in [-0.05, 0) is 54.1 Å². The van der Waals surface area contributed by atoms with Crippen LogP contribution in [0.4, 0.5) is 22.9 Å². The van der Waals surface area contributed by atoms with Crippen molar-refractivity contribution >= 4 is 34.7 Å². The van der Waals surface area contributed by atoms with Gasteiger partial charge in [0.25, 0.3) is 0 Å². The highest BCUT2D eigenvalue weighted by atomic mass is 16.5. The van der Waals surface area contributed by atoms with Gasteiger partial charge in [-0.25, -0.2) is 4.98 Å². The van der Waals surface area contributed by atoms with Crippen molar-refractivity contribution in [3.05, 3.63) is 72.4 Å². The Bertz CT molecular complexity index is 968. The minimum atomic E-state index is -0.142. The Hall–Kier alpha value is -3.87. The Kier molecular flexibility index (Phi) is 6.42. The lowest BCUT2D eigenvalue weighted by Gasteiger charge is -2.09. The number of aromatic nitrogens is 1. The molecule has 3 rings (SSSR count). The van der Waals surface area contributed by atoms with Crippen LogP contribution < -0.4 is 20.7 Å². The largest absolute Gasteiger partial charge is 0.497 e. The first kappa shape index (κ1) is 19.9. The third-order valence-corrected chi connectivity index (χ3v) is 4.05. The lowest BCUT2D eigenvalue weighted by atomic mass is 10.1. The second kappa shape index (κ2) is 9.36. The molecular weight excluding hydrogens is 368 g/mol. The fourth-order valence-corrected chi connectivity index (χ4v) is 2.66. The molecule has 7 heteroatoms. The van der Waals surface area contributed by atoms with Crippen molar-refractivity contribution in [3.63, 3.8) is 0 Å². The molecule has 0 atom stereocenters. The number of nitrogens with one attached hydrogen (secondary N) is 3. The van der Waals surface area contributed by atoms with Crippen LogP contribution in [0.1, 0.15) is 12.5 Å². The van der Waals surface area contributed by atoms with Gasteiger partial charge in [0.1, 0.15) is 11.6 Å². The average Bonchev–Trinajstić information content (AvgIpc) is 2.71. The number of benzene rings is 2. The van der Waals surface area contributed by atoms with Crippen LogP contribution in [0.25, 0.3) is 0 Å². The topological polar surface area (TPSA) is 92.4 Å². The summed E-state index contributed by atoms with van der Waals surface area (Å²) in [6.45, 7) is 1.47. The molecule has 0 saturated heterocycles. The number of nitrogens with zero attached hydrogens (tertiary/aromatic N) is 1. The molecule has 29 heavy (non-hydrogen) atoms. The zero-order valence-corrected chi connectivity index (χ0v) is 16.2. The van der Waals surface area contributed by atoms with Crippen LogP contribution in [-0.2, 0) is 16.0 Å². The Morgan fingerprint density at radius 2 is 1.52 bits per heavy atom. The van der Waals surface area contributed by atoms with Gasteiger partial charge in [0.2, 0.25) is 11.8 Å². The molecule has 0 fully saturated rings. The van der Waals surface area contributed by atoms with E-state index >= 15 is 0 Å². The number of methoxy groups -OCH3 is 1. The SMILES string of the molecule is COc1ccc(CC(=O)Nc2ccc(Nc3ccc(NC(C)=O)cc3)cn2)cc1. The summed E-state index contributed by atoms with van der Waals surface area (Å²) >= 11 is 0. The molecule has 7 nitrogen and oxygen atoms in total. The number of rotatable bonds is 7. The van der Waals surface area contributed by atoms with E-state index in [4.69, 9.17) is 4.74 Å². The van der Waals surface area contributed by atoms with Crippen LogP contribution in [-0.4, -0.2) is 23.9 Å². The van der Waals surface area contributed by atoms with Crippen LogP contribution in [0.3, 0.4) is 0 Å². The van der Waals surface area contributed by atoms with Crippen LogP contribution in [0, 0.1) is 0 Å². The van der Waals surface area contributed by atoms with E-state index in [1.54, 1.807) is 19.4 Å². The molecule has 0 aliphatic rings. The summed E-state index contributed by atoms with van der Waals surface area (Å²) in [6.07, 6.45) is 1.90. The number of carbonyl (C=O) groups is 2. The maximum absolute atomic E-state index is 12.2. The quantitative estimate of drug-likeness (QED) is 0.568. The number of anilines is 4. The summed E-state index contributed by atoms with van der Waals surface area (Å²) in [7, 11) is 1.60. The average molecular weight is 390 g/mol. The molecule has 3 aromatic rings. The third-order valence-electron chi connectivity index (χ3n) is 4.05. The van der Waals surface area contributed by atoms with Crippen LogP contribution in [0.15, 0.2) is 66.9 Å². The molecule has 0 spiro atoms. The minimum absolute atomic E-state index is 0.112. The van der Waals surface area contributed by atoms with E-state index in [9.17, 15) is 9.59 Å². The fourth-order valence-electron chi connectivity index (χ4n) is 2.66. The van der Waals surface area contributed by atoms with Crippen LogP contribution in [0.5, 0.6) is 5.75 Å². The molecule has 3 N–H and O–H groups in total. The second-order valence-electron chi connectivity index (χ2n) is 6.39. The van der Waals surface area contributed by atoms with Gasteiger partial charge in [-0.2, -0.15) is 0 Å². The summed E-state index contributed by atoms with van der Waals surface area (Å²) in [5, 5.41) is 8.72. The van der Waals surface area contributed by atoms with E-state index in [2.05, 4.69) is 20.9 Å². The number of hydrogen-bond donors (Lipinski definition) is 3. The Balaban J connectivity index is 1.53. The lowest BCUT2D eigenvalue weighted by Crippen LogP contribution is -2.15. The van der Waals surface area contributed by atoms with E-state index in [0.717, 1.165) is 28.4 Å². The van der Waals surface area contributed by atoms with Crippen molar-refractivity contribution in [3.8, 4) is 5.75 Å². The number of amides is 2. The zero-order chi connectivity index (χ0) is 20.6. The molecule has 2 aromatic carbocycles. The van der Waals surface area contributed by atoms with Gasteiger partial charge in [-0.3, -0.25) is 9.59 Å². The Labute approximate surface area is 169 Å². The van der Waals surface area contributed by atoms with Crippen molar-refractivity contribution in [2.75, 3.05) is 23.1 Å². The fraction of sp³-hybridized carbons (Fsp3) is 0.136. The highest BCUT2D eigenvalue weighted by molar-refractivity contribution is 5.91. The van der Waals surface area contributed by atoms with Crippen molar-refractivity contribution in [2.45, 2.75) is 13.3 Å². The highest BCUT2D eigenvalue weighted by Crippen LogP contribution is 2.19. The molecule has 0 radical (unpaired) electrons. The van der Waals surface area contributed by atoms with Gasteiger partial charge in [-0.15, -0.1) is 0 Å². The maximum Gasteiger partial charge on any atom is 0.229 e. The third kappa shape index (κ3) is 6.07. The normalized spacial score (nSPS) is 10.1. The number of ether oxygens (including phenoxy) is 1. The number of pyridine rings is 1. The first-order chi connectivity index (χ1) is 14.0. The summed E-state index contributed by atoms with van der Waals surface area (Å²) in [5.41, 5.74) is 3.27. The molecule has 1 heterocycles. The lowest BCUT2D eigenvalue weighted by molar-refractivity contribution is -0.116. The van der Waals surface area contributed by atoms with E-state index in [1.807, 2.05) is 54.6 Å². The van der Waals surface area contributed by atoms with E-state index < -0.39 is 0 Å². The smallest absolute Gasteiger partial charge is 0.229 e. The van der Waals surface area contributed by atoms with Crippen molar-refractivity contribution in [1.29, 1.82) is 0 Å². The van der Waals surface area contributed by atoms with E-state index in [0.29, 0.717) is 5.82 Å². The van der Waals surface area contributed by atoms with Crippen LogP contribution in [0.2, 0.25) is 0 Å². The molecule has 0 saturated carbocycles. The van der Waals surface area contributed by atoms with Gasteiger partial charge >= 0.3 is 0 Å². The molecule has 0 unspecified atom stereocenters. The second-order valence-corrected chi connectivity index (χ2v) is 6.39. The van der Waals surface area contributed by atoms with Crippen molar-refractivity contribution in [1.82, 2.24) is 4.98 Å². The maximum atomic E-state index is 12.2. The van der Waals surface area contributed by atoms with Gasteiger partial charge in [0, 0.05) is 18.3 Å². The monoisotopic (exact) mass is 390 g/mol. The van der Waals surface area contributed by atoms with Crippen molar-refractivity contribution < 1.29 is 14.3 Å². The highest BCUT2D eigenvalue weighted by Gasteiger charge is 2.06. The first-order valence-electron chi connectivity index (χ1n) is 9.05. The molecule has 0 bridgehead atoms. The van der Waals surface area contributed by atoms with Gasteiger partial charge in [-0.1, -0.05) is 12.1 Å². The first-order valence-corrected chi connectivity index (χ1v) is 9.05. The number of carbonyl (C=O) groups excluding carboxylic acids is 2. The molecule has 0 aliphatic heterocycles. The Morgan fingerprint density at radius 3 is 2.10 bits per heavy atom. The Morgan fingerprint density at radius 1 is 0.862 bits per heavy atom. The van der Waals surface area contributed by atoms with E-state index in [1.165, 1.54) is 6.92 Å². The van der Waals surface area contributed by atoms with Crippen LogP contribution >= 0.6 is 0 Å². The van der Waals surface area contributed by atoms with E-state index in [-0.39, 0.29) is 18.2 Å². The van der Waals surface area contributed by atoms with Gasteiger partial charge < -0.3 is 20.7 Å². The zero-order valence-electron chi connectivity index (χ0n) is 16.2. The van der Waals surface area contributed by atoms with Gasteiger partial charge in [0.15, 0.2) is 0 Å². The molecule has 2 amide bonds. The van der Waals surface area contributed by atoms with Gasteiger partial charge in [0.05, 0.1) is 25.4 Å². The van der Waals surface area contributed by atoms with Crippen molar-refractivity contribution in [2.24, 2.45) is 0 Å². The summed E-state index contributed by atoms with van der Waals surface area (Å²) in [4.78, 5) is 27.5. The molecule has 1 aromatic heterocycles. The predicted molar refractivity (Wildman–Crippen MR) is 114 cm³/mol. The summed E-state index contributed by atoms with van der Waals surface area (Å²) in [6, 6.07) is 18.3.